The van der Waals surface area contributed by atoms with Crippen LogP contribution in [-0.4, -0.2) is 54.8 Å². The molecule has 27 heavy (non-hydrogen) atoms. The van der Waals surface area contributed by atoms with Crippen LogP contribution in [0.2, 0.25) is 0 Å². The van der Waals surface area contributed by atoms with Gasteiger partial charge in [0.15, 0.2) is 6.10 Å². The van der Waals surface area contributed by atoms with E-state index in [2.05, 4.69) is 0 Å². The lowest BCUT2D eigenvalue weighted by Crippen LogP contribution is -2.48. The zero-order valence-corrected chi connectivity index (χ0v) is 15.0. The van der Waals surface area contributed by atoms with E-state index < -0.39 is 12.1 Å². The zero-order chi connectivity index (χ0) is 19.2. The molecule has 1 aliphatic rings. The van der Waals surface area contributed by atoms with Crippen LogP contribution in [0.25, 0.3) is 11.6 Å². The summed E-state index contributed by atoms with van der Waals surface area (Å²) in [5, 5.41) is 9.20. The van der Waals surface area contributed by atoms with E-state index in [1.807, 2.05) is 54.6 Å². The van der Waals surface area contributed by atoms with Crippen molar-refractivity contribution in [1.82, 2.24) is 4.90 Å². The molecule has 1 N–H and O–H groups in total. The van der Waals surface area contributed by atoms with E-state index >= 15 is 0 Å². The summed E-state index contributed by atoms with van der Waals surface area (Å²) in [5.41, 5.74) is 2.01. The topological polar surface area (TPSA) is 76.1 Å². The Labute approximate surface area is 157 Å². The number of carboxylic acid groups (broad SMARTS) is 1. The summed E-state index contributed by atoms with van der Waals surface area (Å²) >= 11 is 0. The third kappa shape index (κ3) is 4.35. The SMILES string of the molecule is COc1ccccc1/C=C(/C(=O)N1CCOC(C(=O)O)C1)c1ccccc1. The van der Waals surface area contributed by atoms with Gasteiger partial charge < -0.3 is 19.5 Å². The van der Waals surface area contributed by atoms with Gasteiger partial charge in [0.05, 0.1) is 20.3 Å². The highest BCUT2D eigenvalue weighted by Crippen LogP contribution is 2.26. The summed E-state index contributed by atoms with van der Waals surface area (Å²) < 4.78 is 10.6. The molecule has 140 valence electrons. The maximum absolute atomic E-state index is 13.2. The molecular weight excluding hydrogens is 346 g/mol. The molecular formula is C21H21NO5. The molecule has 3 rings (SSSR count). The van der Waals surface area contributed by atoms with Crippen molar-refractivity contribution in [1.29, 1.82) is 0 Å². The smallest absolute Gasteiger partial charge is 0.334 e. The zero-order valence-electron chi connectivity index (χ0n) is 15.0. The number of nitrogens with zero attached hydrogens (tertiary/aromatic N) is 1. The van der Waals surface area contributed by atoms with Crippen LogP contribution >= 0.6 is 0 Å². The molecule has 6 heteroatoms. The molecule has 0 saturated carbocycles. The second kappa shape index (κ2) is 8.51. The lowest BCUT2D eigenvalue weighted by Gasteiger charge is -2.31. The van der Waals surface area contributed by atoms with Gasteiger partial charge in [-0.15, -0.1) is 0 Å². The van der Waals surface area contributed by atoms with Gasteiger partial charge in [-0.2, -0.15) is 0 Å². The number of morpholine rings is 1. The van der Waals surface area contributed by atoms with Crippen LogP contribution in [-0.2, 0) is 14.3 Å². The Morgan fingerprint density at radius 3 is 2.56 bits per heavy atom. The number of hydrogen-bond acceptors (Lipinski definition) is 4. The number of benzene rings is 2. The molecule has 6 nitrogen and oxygen atoms in total. The first kappa shape index (κ1) is 18.7. The Morgan fingerprint density at radius 1 is 1.15 bits per heavy atom. The van der Waals surface area contributed by atoms with Crippen molar-refractivity contribution in [2.75, 3.05) is 26.8 Å². The van der Waals surface area contributed by atoms with Crippen LogP contribution < -0.4 is 4.74 Å². The lowest BCUT2D eigenvalue weighted by molar-refractivity contribution is -0.158. The predicted molar refractivity (Wildman–Crippen MR) is 101 cm³/mol. The molecule has 0 aliphatic carbocycles. The van der Waals surface area contributed by atoms with Crippen molar-refractivity contribution < 1.29 is 24.2 Å². The number of amides is 1. The third-order valence-corrected chi connectivity index (χ3v) is 4.38. The van der Waals surface area contributed by atoms with Gasteiger partial charge in [-0.05, 0) is 17.7 Å². The Bertz CT molecular complexity index is 847. The third-order valence-electron chi connectivity index (χ3n) is 4.38. The first-order chi connectivity index (χ1) is 13.1. The summed E-state index contributed by atoms with van der Waals surface area (Å²) in [4.78, 5) is 26.0. The fraction of sp³-hybridized carbons (Fsp3) is 0.238. The second-order valence-corrected chi connectivity index (χ2v) is 6.11. The number of methoxy groups -OCH3 is 1. The first-order valence-corrected chi connectivity index (χ1v) is 8.64. The van der Waals surface area contributed by atoms with Crippen molar-refractivity contribution in [3.8, 4) is 5.75 Å². The maximum Gasteiger partial charge on any atom is 0.334 e. The summed E-state index contributed by atoms with van der Waals surface area (Å²) in [5.74, 6) is -0.645. The van der Waals surface area contributed by atoms with Gasteiger partial charge in [-0.1, -0.05) is 48.5 Å². The van der Waals surface area contributed by atoms with Gasteiger partial charge in [0.1, 0.15) is 5.75 Å². The Hall–Kier alpha value is -3.12. The summed E-state index contributed by atoms with van der Waals surface area (Å²) in [6, 6.07) is 16.7. The van der Waals surface area contributed by atoms with E-state index in [0.717, 1.165) is 11.1 Å². The van der Waals surface area contributed by atoms with Gasteiger partial charge in [-0.3, -0.25) is 4.79 Å². The highest BCUT2D eigenvalue weighted by Gasteiger charge is 2.30. The van der Waals surface area contributed by atoms with Crippen molar-refractivity contribution in [2.24, 2.45) is 0 Å². The Kier molecular flexibility index (Phi) is 5.88. The second-order valence-electron chi connectivity index (χ2n) is 6.11. The largest absolute Gasteiger partial charge is 0.496 e. The van der Waals surface area contributed by atoms with E-state index in [1.165, 1.54) is 4.90 Å². The van der Waals surface area contributed by atoms with Crippen molar-refractivity contribution in [3.63, 3.8) is 0 Å². The highest BCUT2D eigenvalue weighted by molar-refractivity contribution is 6.24. The molecule has 0 aromatic heterocycles. The van der Waals surface area contributed by atoms with E-state index in [1.54, 1.807) is 13.2 Å². The van der Waals surface area contributed by atoms with Gasteiger partial charge in [0.2, 0.25) is 0 Å². The van der Waals surface area contributed by atoms with E-state index in [0.29, 0.717) is 17.9 Å². The maximum atomic E-state index is 13.2. The number of para-hydroxylation sites is 1. The van der Waals surface area contributed by atoms with Crippen LogP contribution in [0.3, 0.4) is 0 Å². The van der Waals surface area contributed by atoms with E-state index in [9.17, 15) is 14.7 Å². The number of hydrogen-bond donors (Lipinski definition) is 1. The monoisotopic (exact) mass is 367 g/mol. The molecule has 1 saturated heterocycles. The molecule has 1 unspecified atom stereocenters. The number of carbonyl (C=O) groups excluding carboxylic acids is 1. The minimum Gasteiger partial charge on any atom is -0.496 e. The summed E-state index contributed by atoms with van der Waals surface area (Å²) in [7, 11) is 1.58. The normalized spacial score (nSPS) is 17.4. The van der Waals surface area contributed by atoms with Crippen LogP contribution in [0.15, 0.2) is 54.6 Å². The highest BCUT2D eigenvalue weighted by atomic mass is 16.5. The molecule has 1 amide bonds. The molecule has 2 aromatic rings. The fourth-order valence-corrected chi connectivity index (χ4v) is 2.98. The molecule has 0 radical (unpaired) electrons. The number of aliphatic carboxylic acids is 1. The average molecular weight is 367 g/mol. The molecule has 1 aliphatic heterocycles. The van der Waals surface area contributed by atoms with Gasteiger partial charge >= 0.3 is 5.97 Å². The molecule has 0 bridgehead atoms. The van der Waals surface area contributed by atoms with Crippen LogP contribution in [0.5, 0.6) is 5.75 Å². The van der Waals surface area contributed by atoms with Gasteiger partial charge in [-0.25, -0.2) is 4.79 Å². The molecule has 1 heterocycles. The summed E-state index contributed by atoms with van der Waals surface area (Å²) in [6.07, 6.45) is 0.771. The lowest BCUT2D eigenvalue weighted by atomic mass is 10.0. The number of carboxylic acids is 1. The number of rotatable bonds is 5. The fourth-order valence-electron chi connectivity index (χ4n) is 2.98. The van der Waals surface area contributed by atoms with Gasteiger partial charge in [0, 0.05) is 17.7 Å². The summed E-state index contributed by atoms with van der Waals surface area (Å²) in [6.45, 7) is 0.558. The van der Waals surface area contributed by atoms with Crippen LogP contribution in [0.4, 0.5) is 0 Å². The molecule has 1 fully saturated rings. The van der Waals surface area contributed by atoms with E-state index in [-0.39, 0.29) is 19.1 Å². The van der Waals surface area contributed by atoms with Crippen molar-refractivity contribution in [3.05, 3.63) is 65.7 Å². The Balaban J connectivity index is 1.99. The number of ether oxygens (including phenoxy) is 2. The Morgan fingerprint density at radius 2 is 1.85 bits per heavy atom. The molecule has 1 atom stereocenters. The predicted octanol–water partition coefficient (Wildman–Crippen LogP) is 2.55. The molecule has 0 spiro atoms. The number of carbonyl (C=O) groups is 2. The molecule has 2 aromatic carbocycles. The van der Waals surface area contributed by atoms with Gasteiger partial charge in [0.25, 0.3) is 5.91 Å². The van der Waals surface area contributed by atoms with E-state index in [4.69, 9.17) is 9.47 Å². The minimum absolute atomic E-state index is 0.0181. The van der Waals surface area contributed by atoms with Crippen molar-refractivity contribution in [2.45, 2.75) is 6.10 Å². The van der Waals surface area contributed by atoms with Crippen LogP contribution in [0, 0.1) is 0 Å². The quantitative estimate of drug-likeness (QED) is 0.649. The standard InChI is InChI=1S/C21H21NO5/c1-26-18-10-6-5-9-16(18)13-17(15-7-3-2-4-8-15)20(23)22-11-12-27-19(14-22)21(24)25/h2-10,13,19H,11-12,14H2,1H3,(H,24,25)/b17-13+. The van der Waals surface area contributed by atoms with Crippen molar-refractivity contribution >= 4 is 23.5 Å². The average Bonchev–Trinajstić information content (AvgIpc) is 2.72. The van der Waals surface area contributed by atoms with Crippen LogP contribution in [0.1, 0.15) is 11.1 Å². The first-order valence-electron chi connectivity index (χ1n) is 8.64. The minimum atomic E-state index is -1.07.